The van der Waals surface area contributed by atoms with E-state index in [4.69, 9.17) is 5.73 Å². The Morgan fingerprint density at radius 2 is 2.19 bits per heavy atom. The maximum atomic E-state index is 5.92. The van der Waals surface area contributed by atoms with Crippen molar-refractivity contribution < 1.29 is 0 Å². The first kappa shape index (κ1) is 11.2. The summed E-state index contributed by atoms with van der Waals surface area (Å²) in [6.45, 7) is 4.94. The number of nitrogens with two attached hydrogens (primary N) is 1. The lowest BCUT2D eigenvalue weighted by Crippen LogP contribution is -2.03. The predicted octanol–water partition coefficient (Wildman–Crippen LogP) is 3.32. The highest BCUT2D eigenvalue weighted by atomic mass is 79.9. The first-order valence-electron chi connectivity index (χ1n) is 5.22. The number of aromatic nitrogens is 1. The number of hydrogen-bond donors (Lipinski definition) is 2. The molecule has 2 rings (SSSR count). The molecule has 4 heteroatoms. The van der Waals surface area contributed by atoms with E-state index in [-0.39, 0.29) is 0 Å². The van der Waals surface area contributed by atoms with Gasteiger partial charge in [0.1, 0.15) is 0 Å². The Balaban J connectivity index is 2.78. The second kappa shape index (κ2) is 4.29. The molecule has 1 aromatic heterocycles. The Morgan fingerprint density at radius 3 is 2.88 bits per heavy atom. The summed E-state index contributed by atoms with van der Waals surface area (Å²) in [5, 5.41) is 4.33. The lowest BCUT2D eigenvalue weighted by atomic mass is 10.1. The molecule has 0 fully saturated rings. The Bertz CT molecular complexity index is 537. The molecule has 0 atom stereocenters. The summed E-state index contributed by atoms with van der Waals surface area (Å²) in [4.78, 5) is 4.37. The van der Waals surface area contributed by atoms with Crippen LogP contribution in [-0.2, 0) is 0 Å². The normalized spacial score (nSPS) is 10.7. The maximum absolute atomic E-state index is 5.92. The van der Waals surface area contributed by atoms with Gasteiger partial charge in [-0.25, -0.2) is 0 Å². The molecule has 0 saturated carbocycles. The molecule has 0 unspecified atom stereocenters. The van der Waals surface area contributed by atoms with Gasteiger partial charge in [-0.1, -0.05) is 12.1 Å². The minimum Gasteiger partial charge on any atom is -0.396 e. The molecule has 16 heavy (non-hydrogen) atoms. The second-order valence-electron chi connectivity index (χ2n) is 3.71. The first-order chi connectivity index (χ1) is 7.65. The van der Waals surface area contributed by atoms with Crippen molar-refractivity contribution in [2.24, 2.45) is 0 Å². The van der Waals surface area contributed by atoms with Crippen LogP contribution in [0.1, 0.15) is 12.5 Å². The zero-order chi connectivity index (χ0) is 11.7. The molecule has 1 heterocycles. The lowest BCUT2D eigenvalue weighted by Gasteiger charge is -2.12. The molecule has 0 aliphatic carbocycles. The van der Waals surface area contributed by atoms with Gasteiger partial charge in [0.25, 0.3) is 0 Å². The van der Waals surface area contributed by atoms with Crippen LogP contribution < -0.4 is 11.1 Å². The van der Waals surface area contributed by atoms with Gasteiger partial charge in [0, 0.05) is 16.4 Å². The van der Waals surface area contributed by atoms with Crippen molar-refractivity contribution in [1.82, 2.24) is 4.98 Å². The van der Waals surface area contributed by atoms with Crippen LogP contribution in [0.25, 0.3) is 10.9 Å². The number of hydrogen-bond acceptors (Lipinski definition) is 3. The van der Waals surface area contributed by atoms with Crippen molar-refractivity contribution in [2.75, 3.05) is 17.6 Å². The van der Waals surface area contributed by atoms with Gasteiger partial charge in [-0.3, -0.25) is 4.98 Å². The van der Waals surface area contributed by atoms with Gasteiger partial charge in [0.2, 0.25) is 0 Å². The highest BCUT2D eigenvalue weighted by molar-refractivity contribution is 9.10. The summed E-state index contributed by atoms with van der Waals surface area (Å²) in [6.07, 6.45) is 1.70. The topological polar surface area (TPSA) is 50.9 Å². The summed E-state index contributed by atoms with van der Waals surface area (Å²) in [7, 11) is 0. The molecule has 1 aromatic carbocycles. The number of halogens is 1. The van der Waals surface area contributed by atoms with Gasteiger partial charge in [-0.15, -0.1) is 0 Å². The van der Waals surface area contributed by atoms with E-state index >= 15 is 0 Å². The number of nitrogen functional groups attached to an aromatic ring is 1. The fourth-order valence-electron chi connectivity index (χ4n) is 1.72. The molecule has 0 amide bonds. The molecular formula is C12H14BrN3. The monoisotopic (exact) mass is 279 g/mol. The minimum absolute atomic E-state index is 0.685. The molecular weight excluding hydrogens is 266 g/mol. The zero-order valence-electron chi connectivity index (χ0n) is 9.34. The van der Waals surface area contributed by atoms with E-state index < -0.39 is 0 Å². The van der Waals surface area contributed by atoms with Crippen LogP contribution >= 0.6 is 15.9 Å². The van der Waals surface area contributed by atoms with E-state index in [1.807, 2.05) is 0 Å². The third-order valence-electron chi connectivity index (χ3n) is 2.55. The summed E-state index contributed by atoms with van der Waals surface area (Å²) in [5.41, 5.74) is 9.69. The van der Waals surface area contributed by atoms with Gasteiger partial charge < -0.3 is 11.1 Å². The van der Waals surface area contributed by atoms with Crippen LogP contribution in [0.4, 0.5) is 11.4 Å². The molecule has 84 valence electrons. The number of aryl methyl sites for hydroxylation is 1. The molecule has 0 radical (unpaired) electrons. The molecule has 2 aromatic rings. The smallest absolute Gasteiger partial charge is 0.0869 e. The number of benzene rings is 1. The van der Waals surface area contributed by atoms with Crippen molar-refractivity contribution in [2.45, 2.75) is 13.8 Å². The van der Waals surface area contributed by atoms with Crippen molar-refractivity contribution in [3.63, 3.8) is 0 Å². The SMILES string of the molecule is CCNc1c(N)cnc2c(Br)c(C)ccc12. The average Bonchev–Trinajstić information content (AvgIpc) is 2.27. The van der Waals surface area contributed by atoms with Crippen LogP contribution in [0.2, 0.25) is 0 Å². The third kappa shape index (κ3) is 1.73. The molecule has 0 spiro atoms. The van der Waals surface area contributed by atoms with Crippen molar-refractivity contribution in [1.29, 1.82) is 0 Å². The van der Waals surface area contributed by atoms with E-state index in [1.54, 1.807) is 6.20 Å². The molecule has 0 aliphatic rings. The fraction of sp³-hybridized carbons (Fsp3) is 0.250. The van der Waals surface area contributed by atoms with Crippen LogP contribution in [0.3, 0.4) is 0 Å². The van der Waals surface area contributed by atoms with Gasteiger partial charge in [-0.2, -0.15) is 0 Å². The van der Waals surface area contributed by atoms with Crippen LogP contribution in [-0.4, -0.2) is 11.5 Å². The molecule has 3 N–H and O–H groups in total. The summed E-state index contributed by atoms with van der Waals surface area (Å²) in [5.74, 6) is 0. The van der Waals surface area contributed by atoms with Crippen LogP contribution in [0.5, 0.6) is 0 Å². The fourth-order valence-corrected chi connectivity index (χ4v) is 2.17. The van der Waals surface area contributed by atoms with Crippen molar-refractivity contribution in [3.05, 3.63) is 28.4 Å². The molecule has 0 saturated heterocycles. The largest absolute Gasteiger partial charge is 0.396 e. The van der Waals surface area contributed by atoms with E-state index in [0.29, 0.717) is 5.69 Å². The number of nitrogens with one attached hydrogen (secondary N) is 1. The number of fused-ring (bicyclic) bond motifs is 1. The van der Waals surface area contributed by atoms with E-state index in [1.165, 1.54) is 5.56 Å². The Morgan fingerprint density at radius 1 is 1.44 bits per heavy atom. The van der Waals surface area contributed by atoms with Gasteiger partial charge >= 0.3 is 0 Å². The van der Waals surface area contributed by atoms with E-state index in [0.717, 1.165) is 27.6 Å². The average molecular weight is 280 g/mol. The third-order valence-corrected chi connectivity index (χ3v) is 3.55. The second-order valence-corrected chi connectivity index (χ2v) is 4.50. The maximum Gasteiger partial charge on any atom is 0.0869 e. The predicted molar refractivity (Wildman–Crippen MR) is 72.8 cm³/mol. The van der Waals surface area contributed by atoms with Gasteiger partial charge in [-0.05, 0) is 35.3 Å². The van der Waals surface area contributed by atoms with Crippen LogP contribution in [0, 0.1) is 6.92 Å². The quantitative estimate of drug-likeness (QED) is 0.887. The lowest BCUT2D eigenvalue weighted by molar-refractivity contribution is 1.21. The Labute approximate surface area is 103 Å². The van der Waals surface area contributed by atoms with Crippen molar-refractivity contribution >= 4 is 38.2 Å². The Hall–Kier alpha value is -1.29. The first-order valence-corrected chi connectivity index (χ1v) is 6.01. The highest BCUT2D eigenvalue weighted by Gasteiger charge is 2.09. The standard InChI is InChI=1S/C12H14BrN3/c1-3-15-11-8-5-4-7(2)10(13)12(8)16-6-9(11)14/h4-6H,3,14H2,1-2H3,(H,15,16). The highest BCUT2D eigenvalue weighted by Crippen LogP contribution is 2.33. The van der Waals surface area contributed by atoms with Crippen molar-refractivity contribution in [3.8, 4) is 0 Å². The molecule has 0 bridgehead atoms. The summed E-state index contributed by atoms with van der Waals surface area (Å²) in [6, 6.07) is 4.12. The van der Waals surface area contributed by atoms with Crippen LogP contribution in [0.15, 0.2) is 22.8 Å². The summed E-state index contributed by atoms with van der Waals surface area (Å²) < 4.78 is 1.03. The zero-order valence-corrected chi connectivity index (χ0v) is 10.9. The minimum atomic E-state index is 0.685. The molecule has 0 aliphatic heterocycles. The van der Waals surface area contributed by atoms with E-state index in [9.17, 15) is 0 Å². The number of anilines is 2. The number of nitrogens with zero attached hydrogens (tertiary/aromatic N) is 1. The Kier molecular flexibility index (Phi) is 3.01. The van der Waals surface area contributed by atoms with E-state index in [2.05, 4.69) is 52.2 Å². The molecule has 3 nitrogen and oxygen atoms in total. The van der Waals surface area contributed by atoms with Gasteiger partial charge in [0.05, 0.1) is 23.1 Å². The van der Waals surface area contributed by atoms with Gasteiger partial charge in [0.15, 0.2) is 0 Å². The number of rotatable bonds is 2. The summed E-state index contributed by atoms with van der Waals surface area (Å²) >= 11 is 3.56. The number of pyridine rings is 1.